The molecule has 1 aromatic rings. The smallest absolute Gasteiger partial charge is 0.293 e. The lowest BCUT2D eigenvalue weighted by Crippen LogP contribution is -2.28. The van der Waals surface area contributed by atoms with E-state index in [1.807, 2.05) is 0 Å². The Hall–Kier alpha value is -1.36. The third kappa shape index (κ3) is 2.90. The van der Waals surface area contributed by atoms with Crippen LogP contribution in [0, 0.1) is 0 Å². The van der Waals surface area contributed by atoms with Crippen molar-refractivity contribution in [3.63, 3.8) is 0 Å². The summed E-state index contributed by atoms with van der Waals surface area (Å²) in [5.41, 5.74) is -0.0276. The van der Waals surface area contributed by atoms with Crippen molar-refractivity contribution >= 4 is 5.82 Å². The lowest BCUT2D eigenvalue weighted by Gasteiger charge is -2.14. The molecule has 1 aliphatic rings. The van der Waals surface area contributed by atoms with E-state index < -0.39 is 0 Å². The van der Waals surface area contributed by atoms with Crippen LogP contribution in [0.2, 0.25) is 0 Å². The fourth-order valence-electron chi connectivity index (χ4n) is 2.44. The molecular formula is C13H21N3O2. The number of hydrogen-bond donors (Lipinski definition) is 1. The van der Waals surface area contributed by atoms with Crippen LogP contribution in [0.5, 0.6) is 0 Å². The molecule has 5 nitrogen and oxygen atoms in total. The summed E-state index contributed by atoms with van der Waals surface area (Å²) >= 11 is 0. The molecule has 1 aliphatic carbocycles. The molecule has 18 heavy (non-hydrogen) atoms. The van der Waals surface area contributed by atoms with Crippen LogP contribution in [-0.4, -0.2) is 28.8 Å². The van der Waals surface area contributed by atoms with Crippen LogP contribution in [0.15, 0.2) is 17.2 Å². The van der Waals surface area contributed by atoms with Crippen molar-refractivity contribution in [2.24, 2.45) is 0 Å². The Morgan fingerprint density at radius 1 is 1.56 bits per heavy atom. The van der Waals surface area contributed by atoms with Gasteiger partial charge in [-0.1, -0.05) is 6.92 Å². The number of hydrogen-bond acceptors (Lipinski definition) is 4. The van der Waals surface area contributed by atoms with Crippen molar-refractivity contribution in [1.29, 1.82) is 0 Å². The molecule has 0 bridgehead atoms. The number of methoxy groups -OCH3 is 1. The maximum atomic E-state index is 12.1. The van der Waals surface area contributed by atoms with E-state index in [9.17, 15) is 4.79 Å². The van der Waals surface area contributed by atoms with Gasteiger partial charge in [0.15, 0.2) is 5.82 Å². The van der Waals surface area contributed by atoms with Crippen molar-refractivity contribution in [3.8, 4) is 0 Å². The van der Waals surface area contributed by atoms with Gasteiger partial charge in [0.1, 0.15) is 0 Å². The Morgan fingerprint density at radius 3 is 3.06 bits per heavy atom. The van der Waals surface area contributed by atoms with Crippen LogP contribution in [0.3, 0.4) is 0 Å². The molecule has 0 amide bonds. The Balaban J connectivity index is 2.06. The number of aromatic nitrogens is 2. The van der Waals surface area contributed by atoms with Gasteiger partial charge in [0, 0.05) is 32.1 Å². The van der Waals surface area contributed by atoms with Crippen LogP contribution in [0.1, 0.15) is 32.6 Å². The molecule has 1 saturated carbocycles. The van der Waals surface area contributed by atoms with Crippen LogP contribution < -0.4 is 10.9 Å². The molecule has 100 valence electrons. The summed E-state index contributed by atoms with van der Waals surface area (Å²) in [6.07, 6.45) is 7.70. The van der Waals surface area contributed by atoms with E-state index in [1.165, 1.54) is 0 Å². The minimum absolute atomic E-state index is 0.0276. The molecule has 1 fully saturated rings. The van der Waals surface area contributed by atoms with Crippen LogP contribution in [0.25, 0.3) is 0 Å². The summed E-state index contributed by atoms with van der Waals surface area (Å²) in [5.74, 6) is 0.465. The summed E-state index contributed by atoms with van der Waals surface area (Å²) in [6, 6.07) is 0.299. The second kappa shape index (κ2) is 6.00. The molecule has 0 spiro atoms. The second-order valence-electron chi connectivity index (χ2n) is 4.79. The third-order valence-corrected chi connectivity index (χ3v) is 3.44. The lowest BCUT2D eigenvalue weighted by atomic mass is 10.2. The highest BCUT2D eigenvalue weighted by Crippen LogP contribution is 2.23. The molecule has 2 rings (SSSR count). The number of rotatable bonds is 5. The normalized spacial score (nSPS) is 23.2. The maximum absolute atomic E-state index is 12.1. The topological polar surface area (TPSA) is 56.1 Å². The molecule has 2 unspecified atom stereocenters. The molecular weight excluding hydrogens is 230 g/mol. The van der Waals surface area contributed by atoms with E-state index in [0.29, 0.717) is 18.0 Å². The summed E-state index contributed by atoms with van der Waals surface area (Å²) in [7, 11) is 1.74. The van der Waals surface area contributed by atoms with Crippen molar-refractivity contribution in [1.82, 2.24) is 9.55 Å². The highest BCUT2D eigenvalue weighted by Gasteiger charge is 2.25. The van der Waals surface area contributed by atoms with Crippen LogP contribution >= 0.6 is 0 Å². The summed E-state index contributed by atoms with van der Waals surface area (Å²) in [4.78, 5) is 16.3. The Kier molecular flexibility index (Phi) is 4.36. The SMILES string of the molecule is CCCn1ccnc(NC2CCC(OC)C2)c1=O. The fourth-order valence-corrected chi connectivity index (χ4v) is 2.44. The Bertz CT molecular complexity index is 444. The highest BCUT2D eigenvalue weighted by atomic mass is 16.5. The van der Waals surface area contributed by atoms with Gasteiger partial charge in [-0.05, 0) is 25.7 Å². The number of anilines is 1. The van der Waals surface area contributed by atoms with Crippen LogP contribution in [-0.2, 0) is 11.3 Å². The lowest BCUT2D eigenvalue weighted by molar-refractivity contribution is 0.108. The van der Waals surface area contributed by atoms with Crippen molar-refractivity contribution in [2.75, 3.05) is 12.4 Å². The zero-order chi connectivity index (χ0) is 13.0. The van der Waals surface area contributed by atoms with Crippen LogP contribution in [0.4, 0.5) is 5.82 Å². The van der Waals surface area contributed by atoms with Gasteiger partial charge in [0.05, 0.1) is 6.10 Å². The first kappa shape index (κ1) is 13.1. The summed E-state index contributed by atoms with van der Waals surface area (Å²) < 4.78 is 7.03. The molecule has 5 heteroatoms. The number of ether oxygens (including phenoxy) is 1. The standard InChI is InChI=1S/C13H21N3O2/c1-3-7-16-8-6-14-12(13(16)17)15-10-4-5-11(9-10)18-2/h6,8,10-11H,3-5,7,9H2,1-2H3,(H,14,15). The summed E-state index contributed by atoms with van der Waals surface area (Å²) in [6.45, 7) is 2.79. The summed E-state index contributed by atoms with van der Waals surface area (Å²) in [5, 5.41) is 3.25. The van der Waals surface area contributed by atoms with Gasteiger partial charge in [-0.15, -0.1) is 0 Å². The second-order valence-corrected chi connectivity index (χ2v) is 4.79. The van der Waals surface area contributed by atoms with E-state index in [2.05, 4.69) is 17.2 Å². The largest absolute Gasteiger partial charge is 0.381 e. The number of aryl methyl sites for hydroxylation is 1. The van der Waals surface area contributed by atoms with E-state index in [0.717, 1.165) is 32.2 Å². The van der Waals surface area contributed by atoms with Crippen molar-refractivity contribution < 1.29 is 4.74 Å². The van der Waals surface area contributed by atoms with E-state index in [4.69, 9.17) is 4.74 Å². The molecule has 1 aromatic heterocycles. The van der Waals surface area contributed by atoms with Gasteiger partial charge >= 0.3 is 0 Å². The maximum Gasteiger partial charge on any atom is 0.293 e. The number of nitrogens with one attached hydrogen (secondary N) is 1. The Labute approximate surface area is 107 Å². The Morgan fingerprint density at radius 2 is 2.39 bits per heavy atom. The van der Waals surface area contributed by atoms with Gasteiger partial charge in [0.25, 0.3) is 5.56 Å². The van der Waals surface area contributed by atoms with Gasteiger partial charge in [-0.2, -0.15) is 0 Å². The van der Waals surface area contributed by atoms with Gasteiger partial charge < -0.3 is 14.6 Å². The van der Waals surface area contributed by atoms with Gasteiger partial charge in [-0.3, -0.25) is 4.79 Å². The van der Waals surface area contributed by atoms with Crippen molar-refractivity contribution in [3.05, 3.63) is 22.7 Å². The predicted molar refractivity (Wildman–Crippen MR) is 70.8 cm³/mol. The predicted octanol–water partition coefficient (Wildman–Crippen LogP) is 1.63. The zero-order valence-corrected chi connectivity index (χ0v) is 11.1. The molecule has 0 aliphatic heterocycles. The van der Waals surface area contributed by atoms with E-state index in [1.54, 1.807) is 24.1 Å². The average Bonchev–Trinajstić information content (AvgIpc) is 2.82. The molecule has 0 saturated heterocycles. The molecule has 1 heterocycles. The van der Waals surface area contributed by atoms with Crippen molar-refractivity contribution in [2.45, 2.75) is 51.3 Å². The first-order chi connectivity index (χ1) is 8.74. The van der Waals surface area contributed by atoms with Gasteiger partial charge in [-0.25, -0.2) is 4.98 Å². The monoisotopic (exact) mass is 251 g/mol. The highest BCUT2D eigenvalue weighted by molar-refractivity contribution is 5.32. The minimum Gasteiger partial charge on any atom is -0.381 e. The third-order valence-electron chi connectivity index (χ3n) is 3.44. The molecule has 0 radical (unpaired) electrons. The molecule has 2 atom stereocenters. The minimum atomic E-state index is -0.0276. The molecule has 1 N–H and O–H groups in total. The fraction of sp³-hybridized carbons (Fsp3) is 0.692. The number of nitrogens with zero attached hydrogens (tertiary/aromatic N) is 2. The van der Waals surface area contributed by atoms with E-state index >= 15 is 0 Å². The zero-order valence-electron chi connectivity index (χ0n) is 11.1. The van der Waals surface area contributed by atoms with E-state index in [-0.39, 0.29) is 5.56 Å². The molecule has 0 aromatic carbocycles. The quantitative estimate of drug-likeness (QED) is 0.864. The van der Waals surface area contributed by atoms with Gasteiger partial charge in [0.2, 0.25) is 0 Å². The average molecular weight is 251 g/mol. The first-order valence-electron chi connectivity index (χ1n) is 6.59. The first-order valence-corrected chi connectivity index (χ1v) is 6.59.